The highest BCUT2D eigenvalue weighted by Crippen LogP contribution is 2.23. The van der Waals surface area contributed by atoms with Gasteiger partial charge < -0.3 is 15.3 Å². The molecule has 0 heterocycles. The van der Waals surface area contributed by atoms with E-state index in [0.29, 0.717) is 0 Å². The topological polar surface area (TPSA) is 130 Å². The van der Waals surface area contributed by atoms with E-state index in [2.05, 4.69) is 0 Å². The van der Waals surface area contributed by atoms with Gasteiger partial charge in [-0.05, 0) is 6.08 Å². The first kappa shape index (κ1) is 10.2. The predicted octanol–water partition coefficient (Wildman–Crippen LogP) is -0.308. The Hall–Kier alpha value is -1.86. The summed E-state index contributed by atoms with van der Waals surface area (Å²) < 4.78 is 0. The molecule has 0 aromatic heterocycles. The number of aliphatic hydroxyl groups excluding tert-OH is 1. The van der Waals surface area contributed by atoms with Gasteiger partial charge in [0.25, 0.3) is 11.6 Å². The highest BCUT2D eigenvalue weighted by Gasteiger charge is 2.32. The Labute approximate surface area is 78.2 Å². The molecule has 0 unspecified atom stereocenters. The molecule has 0 bridgehead atoms. The van der Waals surface area contributed by atoms with E-state index < -0.39 is 27.9 Å². The SMILES string of the molecule is N[C@@]1(O)C=CC([N+](=O)[O-])=CC1=C(O)O. The summed E-state index contributed by atoms with van der Waals surface area (Å²) in [6.07, 6.45) is 2.66. The summed E-state index contributed by atoms with van der Waals surface area (Å²) in [4.78, 5) is 9.57. The second-order valence-electron chi connectivity index (χ2n) is 2.72. The van der Waals surface area contributed by atoms with Gasteiger partial charge in [-0.3, -0.25) is 15.8 Å². The molecule has 5 N–H and O–H groups in total. The maximum Gasteiger partial charge on any atom is 0.282 e. The van der Waals surface area contributed by atoms with Gasteiger partial charge in [0.1, 0.15) is 0 Å². The molecule has 0 radical (unpaired) electrons. The van der Waals surface area contributed by atoms with Gasteiger partial charge in [-0.25, -0.2) is 0 Å². The van der Waals surface area contributed by atoms with E-state index in [1.54, 1.807) is 0 Å². The molecule has 0 saturated carbocycles. The molecular formula is C7H8N2O5. The van der Waals surface area contributed by atoms with E-state index in [1.807, 2.05) is 0 Å². The molecule has 7 heteroatoms. The highest BCUT2D eigenvalue weighted by molar-refractivity contribution is 5.41. The quantitative estimate of drug-likeness (QED) is 0.199. The maximum atomic E-state index is 10.3. The minimum Gasteiger partial charge on any atom is -0.481 e. The molecule has 1 aliphatic rings. The summed E-state index contributed by atoms with van der Waals surface area (Å²) in [6, 6.07) is 0. The smallest absolute Gasteiger partial charge is 0.282 e. The van der Waals surface area contributed by atoms with E-state index in [9.17, 15) is 15.2 Å². The predicted molar refractivity (Wildman–Crippen MR) is 45.6 cm³/mol. The standard InChI is InChI=1S/C7H8N2O5/c8-7(12)2-1-4(9(13)14)3-5(7)6(10)11/h1-3,10-12H,8H2/t7-/m1/s1. The van der Waals surface area contributed by atoms with Crippen molar-refractivity contribution in [1.29, 1.82) is 0 Å². The second-order valence-corrected chi connectivity index (χ2v) is 2.72. The third-order valence-corrected chi connectivity index (χ3v) is 1.68. The number of hydrogen-bond donors (Lipinski definition) is 4. The number of rotatable bonds is 1. The van der Waals surface area contributed by atoms with Gasteiger partial charge in [0.05, 0.1) is 10.5 Å². The van der Waals surface area contributed by atoms with Crippen molar-refractivity contribution in [3.8, 4) is 0 Å². The van der Waals surface area contributed by atoms with Crippen LogP contribution in [-0.2, 0) is 0 Å². The van der Waals surface area contributed by atoms with Gasteiger partial charge in [0, 0.05) is 12.2 Å². The lowest BCUT2D eigenvalue weighted by molar-refractivity contribution is -0.419. The lowest BCUT2D eigenvalue weighted by atomic mass is 9.98. The first-order valence-electron chi connectivity index (χ1n) is 3.54. The Bertz CT molecular complexity index is 362. The number of hydrogen-bond acceptors (Lipinski definition) is 6. The number of nitro groups is 1. The first-order valence-corrected chi connectivity index (χ1v) is 3.54. The average Bonchev–Trinajstić information content (AvgIpc) is 2.02. The molecule has 0 amide bonds. The van der Waals surface area contributed by atoms with Crippen LogP contribution >= 0.6 is 0 Å². The van der Waals surface area contributed by atoms with E-state index in [1.165, 1.54) is 0 Å². The van der Waals surface area contributed by atoms with E-state index in [4.69, 9.17) is 15.9 Å². The van der Waals surface area contributed by atoms with Crippen molar-refractivity contribution >= 4 is 0 Å². The summed E-state index contributed by atoms with van der Waals surface area (Å²) in [7, 11) is 0. The zero-order chi connectivity index (χ0) is 10.9. The minimum absolute atomic E-state index is 0.393. The molecule has 1 aliphatic carbocycles. The molecule has 0 aromatic carbocycles. The van der Waals surface area contributed by atoms with Crippen LogP contribution in [0.25, 0.3) is 0 Å². The second kappa shape index (κ2) is 3.13. The van der Waals surface area contributed by atoms with Crippen molar-refractivity contribution in [1.82, 2.24) is 0 Å². The monoisotopic (exact) mass is 200 g/mol. The van der Waals surface area contributed by atoms with E-state index >= 15 is 0 Å². The van der Waals surface area contributed by atoms with Crippen LogP contribution in [0.5, 0.6) is 0 Å². The molecule has 76 valence electrons. The van der Waals surface area contributed by atoms with Gasteiger partial charge >= 0.3 is 0 Å². The fourth-order valence-corrected chi connectivity index (χ4v) is 0.971. The van der Waals surface area contributed by atoms with Crippen LogP contribution < -0.4 is 5.73 Å². The van der Waals surface area contributed by atoms with Crippen LogP contribution in [0.1, 0.15) is 0 Å². The Kier molecular flexibility index (Phi) is 2.28. The van der Waals surface area contributed by atoms with Crippen LogP contribution in [-0.4, -0.2) is 26.0 Å². The van der Waals surface area contributed by atoms with Crippen molar-refractivity contribution in [3.63, 3.8) is 0 Å². The molecule has 1 atom stereocenters. The number of allylic oxidation sites excluding steroid dienone is 1. The third kappa shape index (κ3) is 1.73. The van der Waals surface area contributed by atoms with Gasteiger partial charge in [-0.2, -0.15) is 0 Å². The summed E-state index contributed by atoms with van der Waals surface area (Å²) in [6.45, 7) is 0. The van der Waals surface area contributed by atoms with Crippen molar-refractivity contribution in [2.75, 3.05) is 0 Å². The van der Waals surface area contributed by atoms with Crippen LogP contribution in [0.4, 0.5) is 0 Å². The molecular weight excluding hydrogens is 192 g/mol. The number of nitrogens with zero attached hydrogens (tertiary/aromatic N) is 1. The minimum atomic E-state index is -2.10. The van der Waals surface area contributed by atoms with Crippen LogP contribution in [0.15, 0.2) is 35.4 Å². The lowest BCUT2D eigenvalue weighted by Crippen LogP contribution is -2.41. The van der Waals surface area contributed by atoms with Crippen LogP contribution in [0, 0.1) is 10.1 Å². The highest BCUT2D eigenvalue weighted by atomic mass is 16.6. The van der Waals surface area contributed by atoms with Gasteiger partial charge in [0.15, 0.2) is 5.72 Å². The molecule has 1 rings (SSSR count). The first-order chi connectivity index (χ1) is 6.34. The molecule has 0 spiro atoms. The summed E-state index contributed by atoms with van der Waals surface area (Å²) in [5.41, 5.74) is 2.20. The van der Waals surface area contributed by atoms with Crippen LogP contribution in [0.2, 0.25) is 0 Å². The van der Waals surface area contributed by atoms with E-state index in [-0.39, 0.29) is 0 Å². The average molecular weight is 200 g/mol. The Morgan fingerprint density at radius 1 is 1.57 bits per heavy atom. The van der Waals surface area contributed by atoms with Crippen molar-refractivity contribution in [2.45, 2.75) is 5.72 Å². The van der Waals surface area contributed by atoms with Gasteiger partial charge in [0.2, 0.25) is 0 Å². The molecule has 0 saturated heterocycles. The Balaban J connectivity index is 3.22. The molecule has 0 fully saturated rings. The zero-order valence-electron chi connectivity index (χ0n) is 6.91. The molecule has 0 aliphatic heterocycles. The van der Waals surface area contributed by atoms with E-state index in [0.717, 1.165) is 18.2 Å². The van der Waals surface area contributed by atoms with Crippen LogP contribution in [0.3, 0.4) is 0 Å². The van der Waals surface area contributed by atoms with Crippen molar-refractivity contribution in [2.24, 2.45) is 5.73 Å². The maximum absolute atomic E-state index is 10.3. The third-order valence-electron chi connectivity index (χ3n) is 1.68. The Morgan fingerprint density at radius 3 is 2.57 bits per heavy atom. The molecule has 7 nitrogen and oxygen atoms in total. The lowest BCUT2D eigenvalue weighted by Gasteiger charge is -2.21. The van der Waals surface area contributed by atoms with Gasteiger partial charge in [-0.1, -0.05) is 0 Å². The summed E-state index contributed by atoms with van der Waals surface area (Å²) in [5.74, 6) is -1.25. The largest absolute Gasteiger partial charge is 0.481 e. The van der Waals surface area contributed by atoms with Crippen molar-refractivity contribution in [3.05, 3.63) is 45.6 Å². The fourth-order valence-electron chi connectivity index (χ4n) is 0.971. The molecule has 0 aromatic rings. The number of aliphatic hydroxyl groups is 3. The van der Waals surface area contributed by atoms with Crippen molar-refractivity contribution < 1.29 is 20.2 Å². The normalized spacial score (nSPS) is 25.9. The van der Waals surface area contributed by atoms with Gasteiger partial charge in [-0.15, -0.1) is 0 Å². The fraction of sp³-hybridized carbons (Fsp3) is 0.143. The molecule has 14 heavy (non-hydrogen) atoms. The summed E-state index contributed by atoms with van der Waals surface area (Å²) in [5, 5.41) is 37.1. The summed E-state index contributed by atoms with van der Waals surface area (Å²) >= 11 is 0. The zero-order valence-corrected chi connectivity index (χ0v) is 6.91. The number of nitrogens with two attached hydrogens (primary N) is 1. The Morgan fingerprint density at radius 2 is 2.14 bits per heavy atom.